The average molecular weight is 581 g/mol. The van der Waals surface area contributed by atoms with Crippen LogP contribution in [0.2, 0.25) is 0 Å². The maximum atomic E-state index is 12.2. The van der Waals surface area contributed by atoms with Gasteiger partial charge in [0.05, 0.1) is 0 Å². The summed E-state index contributed by atoms with van der Waals surface area (Å²) >= 11 is 0. The second-order valence-electron chi connectivity index (χ2n) is 13.4. The Morgan fingerprint density at radius 1 is 0.767 bits per heavy atom. The molecule has 0 amide bonds. The maximum Gasteiger partial charge on any atom is 0.187 e. The zero-order valence-electron chi connectivity index (χ0n) is 28.0. The SMILES string of the molecule is CC(C=CC1C(C)=CC(=O)CC1(C)C)=CC=CC(C)=C/C=C/C=C(C)/C=C/C=C(C)/C=C/C1=C(C)C(=O)C(O)CC1(C)C. The van der Waals surface area contributed by atoms with E-state index in [1.165, 1.54) is 5.57 Å². The minimum absolute atomic E-state index is 0.0523. The number of ketones is 2. The third kappa shape index (κ3) is 11.2. The van der Waals surface area contributed by atoms with Gasteiger partial charge in [0.1, 0.15) is 6.10 Å². The summed E-state index contributed by atoms with van der Waals surface area (Å²) in [5.74, 6) is 0.334. The van der Waals surface area contributed by atoms with Gasteiger partial charge in [-0.2, -0.15) is 0 Å². The van der Waals surface area contributed by atoms with E-state index in [1.807, 2.05) is 43.4 Å². The van der Waals surface area contributed by atoms with Gasteiger partial charge in [0, 0.05) is 12.3 Å². The van der Waals surface area contributed by atoms with Gasteiger partial charge in [-0.3, -0.25) is 9.59 Å². The van der Waals surface area contributed by atoms with E-state index in [1.54, 1.807) is 13.0 Å². The average Bonchev–Trinajstić information content (AvgIpc) is 2.88. The molecule has 0 spiro atoms. The number of aliphatic hydroxyl groups is 1. The Labute approximate surface area is 260 Å². The number of allylic oxidation sites excluding steroid dienone is 21. The first-order chi connectivity index (χ1) is 20.0. The van der Waals surface area contributed by atoms with Crippen LogP contribution in [0, 0.1) is 16.7 Å². The third-order valence-corrected chi connectivity index (χ3v) is 8.19. The minimum Gasteiger partial charge on any atom is -0.385 e. The molecule has 3 nitrogen and oxygen atoms in total. The molecular formula is C40H52O3. The van der Waals surface area contributed by atoms with Gasteiger partial charge in [-0.1, -0.05) is 141 Å². The normalized spacial score (nSPS) is 24.6. The van der Waals surface area contributed by atoms with Crippen molar-refractivity contribution in [3.05, 3.63) is 130 Å². The highest BCUT2D eigenvalue weighted by Gasteiger charge is 2.36. The number of hydrogen-bond donors (Lipinski definition) is 1. The molecule has 0 aromatic carbocycles. The van der Waals surface area contributed by atoms with Gasteiger partial charge < -0.3 is 5.11 Å². The smallest absolute Gasteiger partial charge is 0.187 e. The van der Waals surface area contributed by atoms with Gasteiger partial charge in [-0.05, 0) is 76.0 Å². The second kappa shape index (κ2) is 15.8. The van der Waals surface area contributed by atoms with Crippen molar-refractivity contribution in [1.29, 1.82) is 0 Å². The molecule has 2 atom stereocenters. The minimum atomic E-state index is -0.900. The number of carbonyl (C=O) groups excluding carboxylic acids is 2. The van der Waals surface area contributed by atoms with Crippen molar-refractivity contribution >= 4 is 11.6 Å². The molecule has 0 saturated heterocycles. The highest BCUT2D eigenvalue weighted by Crippen LogP contribution is 2.41. The first-order valence-corrected chi connectivity index (χ1v) is 15.3. The lowest BCUT2D eigenvalue weighted by molar-refractivity contribution is -0.125. The quantitative estimate of drug-likeness (QED) is 0.262. The predicted molar refractivity (Wildman–Crippen MR) is 183 cm³/mol. The summed E-state index contributed by atoms with van der Waals surface area (Å²) in [6, 6.07) is 0. The highest BCUT2D eigenvalue weighted by molar-refractivity contribution is 6.00. The molecule has 1 N–H and O–H groups in total. The van der Waals surface area contributed by atoms with E-state index in [-0.39, 0.29) is 28.3 Å². The summed E-state index contributed by atoms with van der Waals surface area (Å²) in [6.45, 7) is 20.6. The molecule has 0 fully saturated rings. The van der Waals surface area contributed by atoms with Crippen molar-refractivity contribution in [1.82, 2.24) is 0 Å². The summed E-state index contributed by atoms with van der Waals surface area (Å²) in [5.41, 5.74) is 7.05. The summed E-state index contributed by atoms with van der Waals surface area (Å²) < 4.78 is 0. The van der Waals surface area contributed by atoms with Gasteiger partial charge in [0.25, 0.3) is 0 Å². The first-order valence-electron chi connectivity index (χ1n) is 15.3. The topological polar surface area (TPSA) is 54.4 Å². The maximum absolute atomic E-state index is 12.2. The molecule has 0 saturated carbocycles. The monoisotopic (exact) mass is 580 g/mol. The second-order valence-corrected chi connectivity index (χ2v) is 13.4. The molecule has 0 heterocycles. The van der Waals surface area contributed by atoms with Crippen LogP contribution in [0.25, 0.3) is 0 Å². The van der Waals surface area contributed by atoms with E-state index in [0.29, 0.717) is 18.4 Å². The largest absolute Gasteiger partial charge is 0.385 e. The van der Waals surface area contributed by atoms with Crippen LogP contribution in [0.4, 0.5) is 0 Å². The lowest BCUT2D eigenvalue weighted by atomic mass is 9.68. The zero-order chi connectivity index (χ0) is 32.4. The first kappa shape index (κ1) is 35.6. The molecule has 0 aromatic rings. The molecule has 2 rings (SSSR count). The molecule has 230 valence electrons. The molecule has 0 aromatic heterocycles. The Kier molecular flexibility index (Phi) is 13.1. The molecule has 3 heteroatoms. The molecule has 0 aliphatic heterocycles. The van der Waals surface area contributed by atoms with Gasteiger partial charge in [0.15, 0.2) is 11.6 Å². The number of rotatable bonds is 10. The highest BCUT2D eigenvalue weighted by atomic mass is 16.3. The fraction of sp³-hybridized carbons (Fsp3) is 0.400. The van der Waals surface area contributed by atoms with Crippen molar-refractivity contribution in [2.75, 3.05) is 0 Å². The molecule has 2 unspecified atom stereocenters. The van der Waals surface area contributed by atoms with Crippen LogP contribution in [0.5, 0.6) is 0 Å². The fourth-order valence-corrected chi connectivity index (χ4v) is 5.71. The molecule has 0 radical (unpaired) electrons. The van der Waals surface area contributed by atoms with Crippen LogP contribution in [-0.4, -0.2) is 22.8 Å². The van der Waals surface area contributed by atoms with E-state index < -0.39 is 6.10 Å². The molecule has 2 aliphatic carbocycles. The van der Waals surface area contributed by atoms with Crippen LogP contribution in [0.1, 0.15) is 82.1 Å². The van der Waals surface area contributed by atoms with E-state index in [0.717, 1.165) is 27.9 Å². The van der Waals surface area contributed by atoms with Gasteiger partial charge in [0.2, 0.25) is 0 Å². The van der Waals surface area contributed by atoms with E-state index >= 15 is 0 Å². The van der Waals surface area contributed by atoms with Gasteiger partial charge in [-0.15, -0.1) is 0 Å². The Morgan fingerprint density at radius 3 is 1.79 bits per heavy atom. The van der Waals surface area contributed by atoms with Crippen molar-refractivity contribution in [3.63, 3.8) is 0 Å². The van der Waals surface area contributed by atoms with Crippen LogP contribution in [0.15, 0.2) is 130 Å². The Bertz CT molecular complexity index is 1400. The number of aliphatic hydroxyl groups excluding tert-OH is 1. The number of hydrogen-bond acceptors (Lipinski definition) is 3. The van der Waals surface area contributed by atoms with Crippen LogP contribution >= 0.6 is 0 Å². The van der Waals surface area contributed by atoms with Gasteiger partial charge >= 0.3 is 0 Å². The van der Waals surface area contributed by atoms with Crippen molar-refractivity contribution in [2.24, 2.45) is 16.7 Å². The Morgan fingerprint density at radius 2 is 1.26 bits per heavy atom. The van der Waals surface area contributed by atoms with Crippen LogP contribution < -0.4 is 0 Å². The standard InChI is InChI=1S/C40H52O3/c1-28(17-13-19-30(3)21-23-35-32(5)25-34(41)26-39(35,7)8)15-11-12-16-29(2)18-14-20-31(4)22-24-36-33(6)38(43)37(42)27-40(36,9)10/h11-25,35,37,42H,26-27H2,1-10H3/b12-11+,17-13?,18-14+,23-21?,24-22+,28-15?,29-16+,30-19?,31-20+. The fourth-order valence-electron chi connectivity index (χ4n) is 5.71. The number of carbonyl (C=O) groups is 2. The molecule has 0 bridgehead atoms. The van der Waals surface area contributed by atoms with E-state index in [9.17, 15) is 14.7 Å². The van der Waals surface area contributed by atoms with Crippen molar-refractivity contribution in [2.45, 2.75) is 88.2 Å². The Balaban J connectivity index is 1.92. The summed E-state index contributed by atoms with van der Waals surface area (Å²) in [5, 5.41) is 10.0. The number of Topliss-reactive ketones (excluding diaryl/α,β-unsaturated/α-hetero) is 1. The van der Waals surface area contributed by atoms with Crippen LogP contribution in [0.3, 0.4) is 0 Å². The third-order valence-electron chi connectivity index (χ3n) is 8.19. The predicted octanol–water partition coefficient (Wildman–Crippen LogP) is 9.79. The van der Waals surface area contributed by atoms with E-state index in [4.69, 9.17) is 0 Å². The lowest BCUT2D eigenvalue weighted by Crippen LogP contribution is -2.35. The summed E-state index contributed by atoms with van der Waals surface area (Å²) in [7, 11) is 0. The molecule has 2 aliphatic rings. The summed E-state index contributed by atoms with van der Waals surface area (Å²) in [6.07, 6.45) is 31.0. The zero-order valence-corrected chi connectivity index (χ0v) is 28.0. The van der Waals surface area contributed by atoms with E-state index in [2.05, 4.69) is 104 Å². The van der Waals surface area contributed by atoms with Crippen molar-refractivity contribution < 1.29 is 14.7 Å². The van der Waals surface area contributed by atoms with Gasteiger partial charge in [-0.25, -0.2) is 0 Å². The molecule has 43 heavy (non-hydrogen) atoms. The summed E-state index contributed by atoms with van der Waals surface area (Å²) in [4.78, 5) is 24.1. The lowest BCUT2D eigenvalue weighted by Gasteiger charge is -2.35. The molecular weight excluding hydrogens is 528 g/mol. The van der Waals surface area contributed by atoms with Crippen molar-refractivity contribution in [3.8, 4) is 0 Å². The van der Waals surface area contributed by atoms with Crippen LogP contribution in [-0.2, 0) is 9.59 Å². The Hall–Kier alpha value is -3.56.